The molecule has 63 heavy (non-hydrogen) atoms. The van der Waals surface area contributed by atoms with E-state index in [-0.39, 0.29) is 66.3 Å². The number of carbonyl (C=O) groups excluding carboxylic acids is 4. The fraction of sp³-hybridized carbons (Fsp3) is 0.489. The van der Waals surface area contributed by atoms with Crippen LogP contribution >= 0.6 is 0 Å². The van der Waals surface area contributed by atoms with E-state index < -0.39 is 35.3 Å². The van der Waals surface area contributed by atoms with Crippen LogP contribution in [0.1, 0.15) is 89.8 Å². The van der Waals surface area contributed by atoms with Crippen molar-refractivity contribution in [3.8, 4) is 0 Å². The molecular weight excluding hydrogens is 816 g/mol. The zero-order chi connectivity index (χ0) is 44.0. The molecular formula is C47H54F3N7O6. The predicted octanol–water partition coefficient (Wildman–Crippen LogP) is 5.07. The molecule has 16 heteroatoms. The lowest BCUT2D eigenvalue weighted by atomic mass is 9.83. The number of nitrogens with one attached hydrogen (secondary N) is 2. The first-order valence-electron chi connectivity index (χ1n) is 22.2. The first-order valence-corrected chi connectivity index (χ1v) is 22.2. The number of fused-ring (bicyclic) bond motifs is 1. The summed E-state index contributed by atoms with van der Waals surface area (Å²) in [6.45, 7) is 3.88. The van der Waals surface area contributed by atoms with Crippen molar-refractivity contribution in [2.75, 3.05) is 58.9 Å². The highest BCUT2D eigenvalue weighted by Crippen LogP contribution is 2.30. The van der Waals surface area contributed by atoms with Gasteiger partial charge in [0.2, 0.25) is 11.8 Å². The second-order valence-corrected chi connectivity index (χ2v) is 17.3. The standard InChI is InChI=1S/C47H54F3N7O6/c48-32-11-12-37(40(50)28-32)44(59)51-43(31-6-2-1-3-7-31)47(62)56-20-16-34(17-21-56)63-33-14-18-54(19-15-33)29-42(58)55-22-24-57(25-23-55)46(61)38-26-30(10-13-39(38)49)27-41-35-8-4-5-9-36(35)45(60)53-52-41/h4-5,8-13,26,28,31,33-34,43H,1-3,6-7,14-25,27,29H2,(H,51,59)(H,53,60)/t43-/m1/s1. The number of amides is 4. The van der Waals surface area contributed by atoms with Gasteiger partial charge in [0.05, 0.1) is 41.0 Å². The van der Waals surface area contributed by atoms with E-state index in [1.807, 2.05) is 12.1 Å². The Bertz CT molecular complexity index is 2370. The maximum Gasteiger partial charge on any atom is 0.272 e. The van der Waals surface area contributed by atoms with E-state index >= 15 is 4.39 Å². The number of aromatic nitrogens is 2. The lowest BCUT2D eigenvalue weighted by Gasteiger charge is -2.40. The van der Waals surface area contributed by atoms with Crippen molar-refractivity contribution in [3.63, 3.8) is 0 Å². The molecule has 13 nitrogen and oxygen atoms in total. The van der Waals surface area contributed by atoms with Crippen LogP contribution in [0.25, 0.3) is 10.8 Å². The largest absolute Gasteiger partial charge is 0.375 e. The molecule has 0 spiro atoms. The van der Waals surface area contributed by atoms with Gasteiger partial charge >= 0.3 is 0 Å². The van der Waals surface area contributed by atoms with Crippen molar-refractivity contribution < 1.29 is 37.1 Å². The molecule has 334 valence electrons. The van der Waals surface area contributed by atoms with Gasteiger partial charge in [0.15, 0.2) is 0 Å². The fourth-order valence-corrected chi connectivity index (χ4v) is 9.59. The van der Waals surface area contributed by atoms with Crippen LogP contribution in [-0.4, -0.2) is 131 Å². The molecule has 4 aromatic rings. The monoisotopic (exact) mass is 869 g/mol. The Labute approximate surface area is 363 Å². The fourth-order valence-electron chi connectivity index (χ4n) is 9.59. The highest BCUT2D eigenvalue weighted by atomic mass is 19.1. The zero-order valence-corrected chi connectivity index (χ0v) is 35.3. The van der Waals surface area contributed by atoms with Crippen molar-refractivity contribution in [3.05, 3.63) is 111 Å². The van der Waals surface area contributed by atoms with Crippen LogP contribution < -0.4 is 10.9 Å². The summed E-state index contributed by atoms with van der Waals surface area (Å²) >= 11 is 0. The zero-order valence-electron chi connectivity index (χ0n) is 35.3. The third-order valence-corrected chi connectivity index (χ3v) is 13.2. The number of ether oxygens (including phenoxy) is 1. The highest BCUT2D eigenvalue weighted by Gasteiger charge is 2.37. The smallest absolute Gasteiger partial charge is 0.272 e. The third-order valence-electron chi connectivity index (χ3n) is 13.2. The SMILES string of the molecule is O=C(N[C@@H](C(=O)N1CCC(OC2CCN(CC(=O)N3CCN(C(=O)c4cc(Cc5n[nH]c(=O)c6ccccc56)ccc4F)CC3)CC2)CC1)C1CCCCC1)c1ccc(F)cc1F. The number of H-pyrrole nitrogens is 1. The number of aromatic amines is 1. The van der Waals surface area contributed by atoms with E-state index in [1.54, 1.807) is 32.9 Å². The number of rotatable bonds is 11. The minimum Gasteiger partial charge on any atom is -0.375 e. The quantitative estimate of drug-likeness (QED) is 0.213. The van der Waals surface area contributed by atoms with E-state index in [0.29, 0.717) is 86.6 Å². The normalized spacial score (nSPS) is 19.0. The topological polar surface area (TPSA) is 148 Å². The molecule has 0 unspecified atom stereocenters. The minimum atomic E-state index is -0.963. The number of piperazine rings is 1. The predicted molar refractivity (Wildman–Crippen MR) is 228 cm³/mol. The number of carbonyl (C=O) groups is 4. The Morgan fingerprint density at radius 3 is 2.08 bits per heavy atom. The lowest BCUT2D eigenvalue weighted by molar-refractivity contribution is -0.140. The molecule has 0 radical (unpaired) electrons. The Morgan fingerprint density at radius 1 is 0.714 bits per heavy atom. The number of likely N-dealkylation sites (tertiary alicyclic amines) is 2. The minimum absolute atomic E-state index is 0.0159. The summed E-state index contributed by atoms with van der Waals surface area (Å²) in [7, 11) is 0. The Hall–Kier alpha value is -5.61. The van der Waals surface area contributed by atoms with Gasteiger partial charge in [-0.15, -0.1) is 0 Å². The molecule has 4 aliphatic rings. The number of benzene rings is 3. The molecule has 1 aliphatic carbocycles. The van der Waals surface area contributed by atoms with E-state index in [9.17, 15) is 32.8 Å². The third kappa shape index (κ3) is 10.4. The molecule has 0 bridgehead atoms. The number of piperidine rings is 2. The molecule has 1 atom stereocenters. The van der Waals surface area contributed by atoms with Crippen molar-refractivity contribution in [2.24, 2.45) is 5.92 Å². The summed E-state index contributed by atoms with van der Waals surface area (Å²) in [4.78, 5) is 73.4. The van der Waals surface area contributed by atoms with Crippen LogP contribution in [0, 0.1) is 23.4 Å². The molecule has 2 N–H and O–H groups in total. The average Bonchev–Trinajstić information content (AvgIpc) is 3.30. The molecule has 4 amide bonds. The summed E-state index contributed by atoms with van der Waals surface area (Å²) in [5.41, 5.74) is 0.665. The van der Waals surface area contributed by atoms with Gasteiger partial charge in [-0.25, -0.2) is 18.3 Å². The first-order chi connectivity index (χ1) is 30.5. The second-order valence-electron chi connectivity index (χ2n) is 17.3. The van der Waals surface area contributed by atoms with Crippen molar-refractivity contribution >= 4 is 34.4 Å². The number of hydrogen-bond donors (Lipinski definition) is 2. The van der Waals surface area contributed by atoms with Crippen LogP contribution in [0.15, 0.2) is 65.5 Å². The summed E-state index contributed by atoms with van der Waals surface area (Å²) in [5, 5.41) is 10.7. The number of nitrogens with zero attached hydrogens (tertiary/aromatic N) is 5. The Kier molecular flexibility index (Phi) is 13.9. The van der Waals surface area contributed by atoms with Gasteiger partial charge in [-0.1, -0.05) is 43.5 Å². The Morgan fingerprint density at radius 2 is 1.38 bits per heavy atom. The van der Waals surface area contributed by atoms with Crippen molar-refractivity contribution in [1.29, 1.82) is 0 Å². The van der Waals surface area contributed by atoms with E-state index in [2.05, 4.69) is 20.4 Å². The highest BCUT2D eigenvalue weighted by molar-refractivity contribution is 5.98. The average molecular weight is 870 g/mol. The summed E-state index contributed by atoms with van der Waals surface area (Å²) < 4.78 is 49.5. The molecule has 1 aromatic heterocycles. The molecule has 8 rings (SSSR count). The summed E-state index contributed by atoms with van der Waals surface area (Å²) in [5.74, 6) is -3.76. The van der Waals surface area contributed by atoms with E-state index in [0.717, 1.165) is 57.1 Å². The van der Waals surface area contributed by atoms with Crippen LogP contribution in [0.5, 0.6) is 0 Å². The lowest BCUT2D eigenvalue weighted by Crippen LogP contribution is -2.55. The van der Waals surface area contributed by atoms with Gasteiger partial charge in [0, 0.05) is 70.2 Å². The van der Waals surface area contributed by atoms with Gasteiger partial charge in [-0.2, -0.15) is 5.10 Å². The maximum atomic E-state index is 15.0. The number of hydrogen-bond acceptors (Lipinski definition) is 8. The summed E-state index contributed by atoms with van der Waals surface area (Å²) in [6.07, 6.45) is 7.71. The molecule has 4 fully saturated rings. The van der Waals surface area contributed by atoms with Crippen molar-refractivity contribution in [1.82, 2.24) is 35.1 Å². The maximum absolute atomic E-state index is 15.0. The molecule has 1 saturated carbocycles. The summed E-state index contributed by atoms with van der Waals surface area (Å²) in [6, 6.07) is 13.6. The molecule has 3 saturated heterocycles. The Balaban J connectivity index is 0.764. The van der Waals surface area contributed by atoms with Gasteiger partial charge in [0.25, 0.3) is 17.4 Å². The first kappa shape index (κ1) is 44.0. The van der Waals surface area contributed by atoms with E-state index in [1.165, 1.54) is 12.1 Å². The van der Waals surface area contributed by atoms with Crippen LogP contribution in [-0.2, 0) is 20.7 Å². The van der Waals surface area contributed by atoms with Crippen molar-refractivity contribution in [2.45, 2.75) is 82.5 Å². The molecule has 3 aliphatic heterocycles. The van der Waals surface area contributed by atoms with Gasteiger partial charge in [0.1, 0.15) is 23.5 Å². The molecule has 3 aromatic carbocycles. The van der Waals surface area contributed by atoms with E-state index in [4.69, 9.17) is 4.74 Å². The van der Waals surface area contributed by atoms with Gasteiger partial charge in [-0.05, 0) is 80.3 Å². The van der Waals surface area contributed by atoms with Crippen LogP contribution in [0.2, 0.25) is 0 Å². The van der Waals surface area contributed by atoms with Gasteiger partial charge in [-0.3, -0.25) is 28.9 Å². The molecule has 4 heterocycles. The van der Waals surface area contributed by atoms with Crippen LogP contribution in [0.3, 0.4) is 0 Å². The van der Waals surface area contributed by atoms with Gasteiger partial charge < -0.3 is 24.8 Å². The number of halogens is 3. The van der Waals surface area contributed by atoms with Crippen LogP contribution in [0.4, 0.5) is 13.2 Å². The second kappa shape index (κ2) is 19.8.